The number of hydrogen-bond donors (Lipinski definition) is 2. The van der Waals surface area contributed by atoms with Gasteiger partial charge in [0.25, 0.3) is 0 Å². The van der Waals surface area contributed by atoms with Crippen molar-refractivity contribution in [1.82, 2.24) is 10.2 Å². The van der Waals surface area contributed by atoms with Crippen molar-refractivity contribution in [2.45, 2.75) is 12.5 Å². The number of carbonyl (C=O) groups is 1. The molecule has 1 aliphatic rings. The van der Waals surface area contributed by atoms with Crippen molar-refractivity contribution < 1.29 is 19.4 Å². The van der Waals surface area contributed by atoms with Crippen molar-refractivity contribution >= 4 is 6.09 Å². The first-order chi connectivity index (χ1) is 9.69. The van der Waals surface area contributed by atoms with Crippen LogP contribution in [0.2, 0.25) is 0 Å². The summed E-state index contributed by atoms with van der Waals surface area (Å²) in [6.07, 6.45) is -0.0805. The van der Waals surface area contributed by atoms with Crippen LogP contribution in [0.3, 0.4) is 0 Å². The molecule has 0 aromatic heterocycles. The molecule has 1 amide bonds. The number of ether oxygens (including phenoxy) is 2. The van der Waals surface area contributed by atoms with Crippen molar-refractivity contribution in [3.8, 4) is 11.5 Å². The number of carboxylic acid groups (broad SMARTS) is 1. The molecular formula is C14H20N2O4. The van der Waals surface area contributed by atoms with Gasteiger partial charge in [0.2, 0.25) is 0 Å². The van der Waals surface area contributed by atoms with Crippen LogP contribution in [-0.4, -0.2) is 55.5 Å². The molecule has 2 rings (SSSR count). The Kier molecular flexibility index (Phi) is 5.06. The van der Waals surface area contributed by atoms with Gasteiger partial charge in [-0.1, -0.05) is 0 Å². The number of benzene rings is 1. The molecule has 1 heterocycles. The molecule has 0 unspecified atom stereocenters. The minimum absolute atomic E-state index is 0.151. The van der Waals surface area contributed by atoms with Crippen molar-refractivity contribution in [3.63, 3.8) is 0 Å². The number of hydrogen-bond acceptors (Lipinski definition) is 4. The van der Waals surface area contributed by atoms with E-state index in [4.69, 9.17) is 14.6 Å². The van der Waals surface area contributed by atoms with E-state index in [1.165, 1.54) is 4.90 Å². The summed E-state index contributed by atoms with van der Waals surface area (Å²) < 4.78 is 10.7. The van der Waals surface area contributed by atoms with E-state index in [9.17, 15) is 4.79 Å². The average molecular weight is 280 g/mol. The van der Waals surface area contributed by atoms with Gasteiger partial charge in [0.1, 0.15) is 11.5 Å². The minimum atomic E-state index is -0.854. The maximum absolute atomic E-state index is 10.9. The summed E-state index contributed by atoms with van der Waals surface area (Å²) in [6, 6.07) is 7.56. The van der Waals surface area contributed by atoms with Crippen molar-refractivity contribution in [2.24, 2.45) is 0 Å². The molecule has 0 radical (unpaired) electrons. The molecule has 2 N–H and O–H groups in total. The van der Waals surface area contributed by atoms with Crippen LogP contribution < -0.4 is 14.8 Å². The molecule has 0 aliphatic carbocycles. The highest BCUT2D eigenvalue weighted by Gasteiger charge is 2.22. The standard InChI is InChI=1S/C14H20N2O4/c1-19-12-2-4-13(5-3-12)20-9-6-11-10-16(14(17)18)8-7-15-11/h2-5,11,15H,6-10H2,1H3,(H,17,18)/t11-/m1/s1. The molecule has 1 aromatic rings. The maximum atomic E-state index is 10.9. The van der Waals surface area contributed by atoms with E-state index in [1.54, 1.807) is 7.11 Å². The van der Waals surface area contributed by atoms with Crippen LogP contribution in [0.15, 0.2) is 24.3 Å². The van der Waals surface area contributed by atoms with Gasteiger partial charge in [0, 0.05) is 25.7 Å². The molecular weight excluding hydrogens is 260 g/mol. The van der Waals surface area contributed by atoms with Crippen LogP contribution in [-0.2, 0) is 0 Å². The van der Waals surface area contributed by atoms with Crippen LogP contribution in [0.25, 0.3) is 0 Å². The summed E-state index contributed by atoms with van der Waals surface area (Å²) >= 11 is 0. The van der Waals surface area contributed by atoms with Gasteiger partial charge in [-0.05, 0) is 30.7 Å². The Morgan fingerprint density at radius 1 is 1.40 bits per heavy atom. The van der Waals surface area contributed by atoms with Crippen LogP contribution in [0, 0.1) is 0 Å². The van der Waals surface area contributed by atoms with E-state index in [0.717, 1.165) is 17.9 Å². The average Bonchev–Trinajstić information content (AvgIpc) is 2.48. The smallest absolute Gasteiger partial charge is 0.407 e. The van der Waals surface area contributed by atoms with Crippen molar-refractivity contribution in [3.05, 3.63) is 24.3 Å². The number of nitrogens with one attached hydrogen (secondary N) is 1. The van der Waals surface area contributed by atoms with Gasteiger partial charge in [-0.3, -0.25) is 0 Å². The van der Waals surface area contributed by atoms with Gasteiger partial charge in [0.15, 0.2) is 0 Å². The summed E-state index contributed by atoms with van der Waals surface area (Å²) in [7, 11) is 1.62. The van der Waals surface area contributed by atoms with Gasteiger partial charge < -0.3 is 24.8 Å². The molecule has 1 fully saturated rings. The first-order valence-electron chi connectivity index (χ1n) is 6.67. The van der Waals surface area contributed by atoms with Gasteiger partial charge in [-0.2, -0.15) is 0 Å². The Morgan fingerprint density at radius 3 is 2.75 bits per heavy atom. The van der Waals surface area contributed by atoms with Crippen LogP contribution in [0.4, 0.5) is 4.79 Å². The Hall–Kier alpha value is -1.95. The lowest BCUT2D eigenvalue weighted by Gasteiger charge is -2.31. The molecule has 6 nitrogen and oxygen atoms in total. The Balaban J connectivity index is 1.73. The number of piperazine rings is 1. The predicted octanol–water partition coefficient (Wildman–Crippen LogP) is 1.42. The fraction of sp³-hybridized carbons (Fsp3) is 0.500. The fourth-order valence-electron chi connectivity index (χ4n) is 2.18. The lowest BCUT2D eigenvalue weighted by atomic mass is 10.1. The fourth-order valence-corrected chi connectivity index (χ4v) is 2.18. The maximum Gasteiger partial charge on any atom is 0.407 e. The quantitative estimate of drug-likeness (QED) is 0.853. The highest BCUT2D eigenvalue weighted by atomic mass is 16.5. The number of rotatable bonds is 5. The lowest BCUT2D eigenvalue weighted by molar-refractivity contribution is 0.124. The highest BCUT2D eigenvalue weighted by molar-refractivity contribution is 5.65. The van der Waals surface area contributed by atoms with Gasteiger partial charge >= 0.3 is 6.09 Å². The van der Waals surface area contributed by atoms with Crippen molar-refractivity contribution in [2.75, 3.05) is 33.4 Å². The monoisotopic (exact) mass is 280 g/mol. The van der Waals surface area contributed by atoms with E-state index in [2.05, 4.69) is 5.32 Å². The third-order valence-corrected chi connectivity index (χ3v) is 3.32. The largest absolute Gasteiger partial charge is 0.497 e. The summed E-state index contributed by atoms with van der Waals surface area (Å²) in [4.78, 5) is 12.3. The number of nitrogens with zero attached hydrogens (tertiary/aromatic N) is 1. The van der Waals surface area contributed by atoms with E-state index in [1.807, 2.05) is 24.3 Å². The number of amides is 1. The predicted molar refractivity (Wildman–Crippen MR) is 74.5 cm³/mol. The van der Waals surface area contributed by atoms with E-state index in [0.29, 0.717) is 26.2 Å². The second-order valence-corrected chi connectivity index (χ2v) is 4.69. The van der Waals surface area contributed by atoms with Crippen LogP contribution in [0.5, 0.6) is 11.5 Å². The Labute approximate surface area is 118 Å². The van der Waals surface area contributed by atoms with E-state index >= 15 is 0 Å². The minimum Gasteiger partial charge on any atom is -0.497 e. The summed E-state index contributed by atoms with van der Waals surface area (Å²) in [5.41, 5.74) is 0. The SMILES string of the molecule is COc1ccc(OCC[C@@H]2CN(C(=O)O)CCN2)cc1. The topological polar surface area (TPSA) is 71.0 Å². The first kappa shape index (κ1) is 14.5. The molecule has 0 saturated carbocycles. The molecule has 0 bridgehead atoms. The van der Waals surface area contributed by atoms with Gasteiger partial charge in [-0.25, -0.2) is 4.79 Å². The summed E-state index contributed by atoms with van der Waals surface area (Å²) in [5, 5.41) is 12.3. The van der Waals surface area contributed by atoms with E-state index < -0.39 is 6.09 Å². The molecule has 1 aromatic carbocycles. The van der Waals surface area contributed by atoms with Gasteiger partial charge in [0.05, 0.1) is 13.7 Å². The van der Waals surface area contributed by atoms with Gasteiger partial charge in [-0.15, -0.1) is 0 Å². The Bertz CT molecular complexity index is 435. The normalized spacial score (nSPS) is 18.6. The highest BCUT2D eigenvalue weighted by Crippen LogP contribution is 2.17. The second-order valence-electron chi connectivity index (χ2n) is 4.69. The zero-order valence-electron chi connectivity index (χ0n) is 11.5. The van der Waals surface area contributed by atoms with Crippen LogP contribution >= 0.6 is 0 Å². The van der Waals surface area contributed by atoms with Crippen LogP contribution in [0.1, 0.15) is 6.42 Å². The molecule has 1 saturated heterocycles. The first-order valence-corrected chi connectivity index (χ1v) is 6.67. The third kappa shape index (κ3) is 4.03. The Morgan fingerprint density at radius 2 is 2.10 bits per heavy atom. The molecule has 1 atom stereocenters. The molecule has 6 heteroatoms. The third-order valence-electron chi connectivity index (χ3n) is 3.32. The zero-order valence-corrected chi connectivity index (χ0v) is 11.5. The van der Waals surface area contributed by atoms with Crippen molar-refractivity contribution in [1.29, 1.82) is 0 Å². The molecule has 20 heavy (non-hydrogen) atoms. The zero-order chi connectivity index (χ0) is 14.4. The molecule has 1 aliphatic heterocycles. The second kappa shape index (κ2) is 7.00. The number of methoxy groups -OCH3 is 1. The molecule has 110 valence electrons. The summed E-state index contributed by atoms with van der Waals surface area (Å²) in [6.45, 7) is 2.31. The lowest BCUT2D eigenvalue weighted by Crippen LogP contribution is -2.52. The summed E-state index contributed by atoms with van der Waals surface area (Å²) in [5.74, 6) is 1.58. The molecule has 0 spiro atoms. The van der Waals surface area contributed by atoms with E-state index in [-0.39, 0.29) is 6.04 Å².